The van der Waals surface area contributed by atoms with Crippen LogP contribution >= 0.6 is 0 Å². The number of pyridine rings is 1. The first-order chi connectivity index (χ1) is 18.6. The van der Waals surface area contributed by atoms with Crippen molar-refractivity contribution in [3.05, 3.63) is 70.6 Å². The summed E-state index contributed by atoms with van der Waals surface area (Å²) in [6.45, 7) is 5.16. The van der Waals surface area contributed by atoms with Crippen molar-refractivity contribution in [2.45, 2.75) is 38.8 Å². The molecule has 0 spiro atoms. The minimum absolute atomic E-state index is 0.0214. The highest BCUT2D eigenvalue weighted by molar-refractivity contribution is 6.32. The second-order valence-corrected chi connectivity index (χ2v) is 9.57. The Balaban J connectivity index is 1.25. The standard InChI is InChI=1S/C28H28F3N5O3/c1-19-23(27(39)36(25(19)37)22-9-8-20(17-32)24(16-22)28(29,30)31)7-3-2-4-11-34-12-14-35(15-13-34)26(38)21-6-5-10-33-18-21/h5-6,8-10,16,18H,2-4,7,11-15H2,1H3. The minimum Gasteiger partial charge on any atom is -0.336 e. The van der Waals surface area contributed by atoms with Gasteiger partial charge in [-0.1, -0.05) is 6.42 Å². The molecule has 8 nitrogen and oxygen atoms in total. The van der Waals surface area contributed by atoms with Crippen molar-refractivity contribution >= 4 is 23.4 Å². The number of carbonyl (C=O) groups excluding carboxylic acids is 3. The van der Waals surface area contributed by atoms with Gasteiger partial charge in [0.1, 0.15) is 0 Å². The molecule has 204 valence electrons. The van der Waals surface area contributed by atoms with Crippen molar-refractivity contribution < 1.29 is 27.6 Å². The molecular formula is C28H28F3N5O3. The first kappa shape index (κ1) is 28.0. The SMILES string of the molecule is CC1=C(CCCCCN2CCN(C(=O)c3cccnc3)CC2)C(=O)N(c2ccc(C#N)c(C(F)(F)F)c2)C1=O. The third-order valence-corrected chi connectivity index (χ3v) is 7.09. The summed E-state index contributed by atoms with van der Waals surface area (Å²) >= 11 is 0. The number of halogens is 3. The van der Waals surface area contributed by atoms with E-state index in [9.17, 15) is 27.6 Å². The zero-order valence-electron chi connectivity index (χ0n) is 21.5. The van der Waals surface area contributed by atoms with Gasteiger partial charge < -0.3 is 4.90 Å². The monoisotopic (exact) mass is 539 g/mol. The molecule has 3 amide bonds. The lowest BCUT2D eigenvalue weighted by molar-refractivity contribution is -0.138. The number of alkyl halides is 3. The first-order valence-electron chi connectivity index (χ1n) is 12.7. The van der Waals surface area contributed by atoms with Crippen LogP contribution in [0.5, 0.6) is 0 Å². The summed E-state index contributed by atoms with van der Waals surface area (Å²) in [4.78, 5) is 47.2. The summed E-state index contributed by atoms with van der Waals surface area (Å²) in [5.74, 6) is -1.29. The summed E-state index contributed by atoms with van der Waals surface area (Å²) in [6, 6.07) is 7.82. The molecule has 0 atom stereocenters. The quantitative estimate of drug-likeness (QED) is 0.369. The number of carbonyl (C=O) groups is 3. The van der Waals surface area contributed by atoms with Crippen LogP contribution in [0.1, 0.15) is 54.1 Å². The lowest BCUT2D eigenvalue weighted by Crippen LogP contribution is -2.48. The molecule has 3 heterocycles. The number of nitriles is 1. The Hall–Kier alpha value is -4.04. The van der Waals surface area contributed by atoms with Gasteiger partial charge in [-0.25, -0.2) is 4.90 Å². The number of imide groups is 1. The third kappa shape index (κ3) is 6.17. The molecule has 1 aromatic carbocycles. The molecule has 2 aliphatic heterocycles. The maximum absolute atomic E-state index is 13.4. The highest BCUT2D eigenvalue weighted by Gasteiger charge is 2.39. The average molecular weight is 540 g/mol. The van der Waals surface area contributed by atoms with Crippen LogP contribution in [0.4, 0.5) is 18.9 Å². The molecule has 4 rings (SSSR count). The lowest BCUT2D eigenvalue weighted by atomic mass is 10.0. The molecule has 0 bridgehead atoms. The Morgan fingerprint density at radius 3 is 2.44 bits per heavy atom. The fraction of sp³-hybridized carbons (Fsp3) is 0.393. The normalized spacial score (nSPS) is 16.7. The van der Waals surface area contributed by atoms with Crippen LogP contribution < -0.4 is 4.90 Å². The van der Waals surface area contributed by atoms with Crippen molar-refractivity contribution in [3.63, 3.8) is 0 Å². The maximum Gasteiger partial charge on any atom is 0.417 e. The molecule has 2 aliphatic rings. The van der Waals surface area contributed by atoms with Crippen LogP contribution in [0.3, 0.4) is 0 Å². The average Bonchev–Trinajstić information content (AvgIpc) is 3.15. The van der Waals surface area contributed by atoms with Crippen LogP contribution in [0, 0.1) is 11.3 Å². The molecule has 0 N–H and O–H groups in total. The van der Waals surface area contributed by atoms with E-state index in [2.05, 4.69) is 9.88 Å². The van der Waals surface area contributed by atoms with Crippen molar-refractivity contribution in [3.8, 4) is 6.07 Å². The van der Waals surface area contributed by atoms with E-state index in [4.69, 9.17) is 5.26 Å². The van der Waals surface area contributed by atoms with Gasteiger partial charge in [0.15, 0.2) is 0 Å². The predicted octanol–water partition coefficient (Wildman–Crippen LogP) is 4.18. The van der Waals surface area contributed by atoms with Gasteiger partial charge in [-0.3, -0.25) is 24.3 Å². The molecule has 2 aromatic rings. The van der Waals surface area contributed by atoms with Crippen LogP contribution in [-0.2, 0) is 15.8 Å². The second kappa shape index (κ2) is 11.8. The number of piperazine rings is 1. The number of anilines is 1. The minimum atomic E-state index is -4.79. The Morgan fingerprint density at radius 1 is 1.05 bits per heavy atom. The number of nitrogens with zero attached hydrogens (tertiary/aromatic N) is 5. The highest BCUT2D eigenvalue weighted by Crippen LogP contribution is 2.37. The van der Waals surface area contributed by atoms with Crippen molar-refractivity contribution in [1.29, 1.82) is 5.26 Å². The zero-order valence-corrected chi connectivity index (χ0v) is 21.5. The van der Waals surface area contributed by atoms with Gasteiger partial charge in [0, 0.05) is 49.7 Å². The number of unbranched alkanes of at least 4 members (excludes halogenated alkanes) is 2. The van der Waals surface area contributed by atoms with Crippen molar-refractivity contribution in [2.75, 3.05) is 37.6 Å². The molecule has 0 saturated carbocycles. The number of amides is 3. The topological polar surface area (TPSA) is 97.6 Å². The van der Waals surface area contributed by atoms with Gasteiger partial charge in [-0.05, 0) is 63.1 Å². The number of benzene rings is 1. The second-order valence-electron chi connectivity index (χ2n) is 9.57. The summed E-state index contributed by atoms with van der Waals surface area (Å²) < 4.78 is 40.1. The van der Waals surface area contributed by atoms with Gasteiger partial charge in [0.2, 0.25) is 0 Å². The summed E-state index contributed by atoms with van der Waals surface area (Å²) in [5, 5.41) is 9.00. The lowest BCUT2D eigenvalue weighted by Gasteiger charge is -2.34. The van der Waals surface area contributed by atoms with Gasteiger partial charge in [-0.2, -0.15) is 18.4 Å². The number of hydrogen-bond acceptors (Lipinski definition) is 6. The Bertz CT molecular complexity index is 1330. The van der Waals surface area contributed by atoms with E-state index in [0.29, 0.717) is 43.1 Å². The molecule has 0 aliphatic carbocycles. The fourth-order valence-electron chi connectivity index (χ4n) is 4.88. The molecule has 1 aromatic heterocycles. The summed E-state index contributed by atoms with van der Waals surface area (Å²) in [6.07, 6.45) is 1.09. The van der Waals surface area contributed by atoms with E-state index < -0.39 is 29.1 Å². The van der Waals surface area contributed by atoms with Crippen LogP contribution in [0.25, 0.3) is 0 Å². The van der Waals surface area contributed by atoms with Crippen molar-refractivity contribution in [2.24, 2.45) is 0 Å². The molecule has 0 unspecified atom stereocenters. The molecule has 0 radical (unpaired) electrons. The number of aromatic nitrogens is 1. The van der Waals surface area contributed by atoms with E-state index in [1.54, 1.807) is 24.5 Å². The third-order valence-electron chi connectivity index (χ3n) is 7.09. The van der Waals surface area contributed by atoms with Crippen molar-refractivity contribution in [1.82, 2.24) is 14.8 Å². The molecule has 39 heavy (non-hydrogen) atoms. The maximum atomic E-state index is 13.4. The van der Waals surface area contributed by atoms with Gasteiger partial charge in [-0.15, -0.1) is 0 Å². The van der Waals surface area contributed by atoms with Crippen LogP contribution in [0.2, 0.25) is 0 Å². The predicted molar refractivity (Wildman–Crippen MR) is 136 cm³/mol. The Kier molecular flexibility index (Phi) is 8.45. The first-order valence-corrected chi connectivity index (χ1v) is 12.7. The van der Waals surface area contributed by atoms with E-state index in [-0.39, 0.29) is 17.2 Å². The molecule has 11 heteroatoms. The Morgan fingerprint density at radius 2 is 1.79 bits per heavy atom. The molecule has 1 saturated heterocycles. The van der Waals surface area contributed by atoms with E-state index >= 15 is 0 Å². The smallest absolute Gasteiger partial charge is 0.336 e. The zero-order chi connectivity index (χ0) is 28.2. The largest absolute Gasteiger partial charge is 0.417 e. The van der Waals surface area contributed by atoms with Crippen LogP contribution in [0.15, 0.2) is 53.9 Å². The molecular weight excluding hydrogens is 511 g/mol. The highest BCUT2D eigenvalue weighted by atomic mass is 19.4. The van der Waals surface area contributed by atoms with Gasteiger partial charge in [0.25, 0.3) is 17.7 Å². The van der Waals surface area contributed by atoms with E-state index in [1.165, 1.54) is 19.1 Å². The number of hydrogen-bond donors (Lipinski definition) is 0. The number of rotatable bonds is 8. The summed E-state index contributed by atoms with van der Waals surface area (Å²) in [7, 11) is 0. The van der Waals surface area contributed by atoms with E-state index in [0.717, 1.165) is 43.4 Å². The fourth-order valence-corrected chi connectivity index (χ4v) is 4.88. The molecule has 1 fully saturated rings. The van der Waals surface area contributed by atoms with Gasteiger partial charge >= 0.3 is 6.18 Å². The van der Waals surface area contributed by atoms with E-state index in [1.807, 2.05) is 4.90 Å². The Labute approximate surface area is 224 Å². The van der Waals surface area contributed by atoms with Gasteiger partial charge in [0.05, 0.1) is 28.4 Å². The van der Waals surface area contributed by atoms with Crippen LogP contribution in [-0.4, -0.2) is 65.2 Å². The summed E-state index contributed by atoms with van der Waals surface area (Å²) in [5.41, 5.74) is -0.845.